The van der Waals surface area contributed by atoms with Crippen molar-refractivity contribution in [1.82, 2.24) is 0 Å². The summed E-state index contributed by atoms with van der Waals surface area (Å²) in [5.74, 6) is 1.18. The van der Waals surface area contributed by atoms with Gasteiger partial charge in [0.25, 0.3) is 7.42 Å². The lowest BCUT2D eigenvalue weighted by molar-refractivity contribution is 0.885. The minimum atomic E-state index is -1.05. The molecule has 0 amide bonds. The van der Waals surface area contributed by atoms with Crippen molar-refractivity contribution in [3.63, 3.8) is 0 Å². The van der Waals surface area contributed by atoms with Crippen LogP contribution in [0, 0.1) is 0 Å². The first kappa shape index (κ1) is 10.1. The number of halogens is 2. The number of rotatable bonds is 4. The van der Waals surface area contributed by atoms with Crippen LogP contribution in [0.2, 0.25) is 5.54 Å². The fourth-order valence-electron chi connectivity index (χ4n) is 0.404. The van der Waals surface area contributed by atoms with Crippen LogP contribution in [0.25, 0.3) is 0 Å². The average Bonchev–Trinajstić information content (AvgIpc) is 1.82. The Morgan fingerprint density at radius 3 is 2.44 bits per heavy atom. The maximum atomic E-state index is 5.72. The van der Waals surface area contributed by atoms with E-state index in [0.717, 1.165) is 6.42 Å². The molecule has 0 saturated heterocycles. The molecule has 0 N–H and O–H groups in total. The lowest BCUT2D eigenvalue weighted by Crippen LogP contribution is -2.03. The lowest BCUT2D eigenvalue weighted by atomic mass is 10.4. The minimum Gasteiger partial charge on any atom is -0.165 e. The van der Waals surface area contributed by atoms with Gasteiger partial charge in [-0.2, -0.15) is 11.8 Å². The maximum absolute atomic E-state index is 5.72. The third kappa shape index (κ3) is 5.58. The first-order valence-corrected chi connectivity index (χ1v) is 7.84. The quantitative estimate of drug-likeness (QED) is 0.498. The molecule has 0 aliphatic heterocycles. The summed E-state index contributed by atoms with van der Waals surface area (Å²) >= 11 is 13.3. The van der Waals surface area contributed by atoms with E-state index in [2.05, 4.69) is 13.2 Å². The second-order valence-corrected chi connectivity index (χ2v) is 7.55. The van der Waals surface area contributed by atoms with E-state index in [1.54, 1.807) is 0 Å². The van der Waals surface area contributed by atoms with Gasteiger partial charge in [-0.3, -0.25) is 0 Å². The van der Waals surface area contributed by atoms with Crippen LogP contribution < -0.4 is 0 Å². The molecule has 0 aliphatic carbocycles. The van der Waals surface area contributed by atoms with E-state index < -0.39 is 7.42 Å². The molecule has 1 atom stereocenters. The van der Waals surface area contributed by atoms with Gasteiger partial charge in [-0.05, 0) is 24.0 Å². The van der Waals surface area contributed by atoms with Crippen molar-refractivity contribution in [2.75, 3.05) is 12.0 Å². The number of hydrogen-bond donors (Lipinski definition) is 0. The van der Waals surface area contributed by atoms with Gasteiger partial charge in [0.15, 0.2) is 0 Å². The first-order valence-electron chi connectivity index (χ1n) is 2.85. The molecule has 0 aromatic carbocycles. The predicted octanol–water partition coefficient (Wildman–Crippen LogP) is 3.10. The Morgan fingerprint density at radius 2 is 2.11 bits per heavy atom. The van der Waals surface area contributed by atoms with E-state index in [4.69, 9.17) is 22.2 Å². The summed E-state index contributed by atoms with van der Waals surface area (Å²) in [5.41, 5.74) is 0.533. The Morgan fingerprint density at radius 1 is 1.56 bits per heavy atom. The topological polar surface area (TPSA) is 0 Å². The SMILES string of the molecule is CSCCC(C)[Si](Cl)Cl. The number of thioether (sulfide) groups is 1. The molecule has 1 radical (unpaired) electrons. The van der Waals surface area contributed by atoms with Gasteiger partial charge >= 0.3 is 0 Å². The van der Waals surface area contributed by atoms with Crippen LogP contribution in [0.5, 0.6) is 0 Å². The van der Waals surface area contributed by atoms with Gasteiger partial charge in [0.2, 0.25) is 0 Å². The standard InChI is InChI=1S/C5H11Cl2SSi/c1-5(9(6)7)3-4-8-2/h5H,3-4H2,1-2H3. The summed E-state index contributed by atoms with van der Waals surface area (Å²) in [6, 6.07) is 0. The predicted molar refractivity (Wildman–Crippen MR) is 49.9 cm³/mol. The molecule has 0 saturated carbocycles. The molecular formula is C5H11Cl2SSi. The molecule has 1 unspecified atom stereocenters. The van der Waals surface area contributed by atoms with Gasteiger partial charge in [0.1, 0.15) is 0 Å². The van der Waals surface area contributed by atoms with Crippen LogP contribution in [0.3, 0.4) is 0 Å². The van der Waals surface area contributed by atoms with Crippen molar-refractivity contribution >= 4 is 41.3 Å². The molecule has 4 heteroatoms. The monoisotopic (exact) mass is 201 g/mol. The molecular weight excluding hydrogens is 191 g/mol. The van der Waals surface area contributed by atoms with Crippen LogP contribution in [0.1, 0.15) is 13.3 Å². The largest absolute Gasteiger partial charge is 0.276 e. The van der Waals surface area contributed by atoms with Crippen molar-refractivity contribution in [2.45, 2.75) is 18.9 Å². The molecule has 9 heavy (non-hydrogen) atoms. The summed E-state index contributed by atoms with van der Waals surface area (Å²) in [4.78, 5) is 0. The van der Waals surface area contributed by atoms with Crippen LogP contribution >= 0.6 is 33.9 Å². The molecule has 0 rings (SSSR count). The molecule has 0 spiro atoms. The zero-order valence-corrected chi connectivity index (χ0v) is 8.98. The molecule has 0 aromatic heterocycles. The summed E-state index contributed by atoms with van der Waals surface area (Å²) in [6.07, 6.45) is 3.25. The zero-order chi connectivity index (χ0) is 7.28. The first-order chi connectivity index (χ1) is 4.18. The Bertz CT molecular complexity index is 70.0. The Labute approximate surface area is 72.3 Å². The fraction of sp³-hybridized carbons (Fsp3) is 1.00. The molecule has 0 nitrogen and oxygen atoms in total. The molecule has 0 aliphatic rings. The third-order valence-corrected chi connectivity index (χ3v) is 5.04. The highest BCUT2D eigenvalue weighted by atomic mass is 35.7. The highest BCUT2D eigenvalue weighted by Crippen LogP contribution is 2.21. The van der Waals surface area contributed by atoms with Gasteiger partial charge in [-0.15, -0.1) is 22.2 Å². The Kier molecular flexibility index (Phi) is 6.65. The van der Waals surface area contributed by atoms with E-state index in [0.29, 0.717) is 5.54 Å². The summed E-state index contributed by atoms with van der Waals surface area (Å²) < 4.78 is 0. The van der Waals surface area contributed by atoms with Gasteiger partial charge in [0, 0.05) is 0 Å². The van der Waals surface area contributed by atoms with Gasteiger partial charge in [-0.25, -0.2) is 0 Å². The maximum Gasteiger partial charge on any atom is 0.276 e. The molecule has 0 aromatic rings. The third-order valence-electron chi connectivity index (χ3n) is 1.13. The minimum absolute atomic E-state index is 0.533. The van der Waals surface area contributed by atoms with Crippen molar-refractivity contribution in [3.8, 4) is 0 Å². The van der Waals surface area contributed by atoms with E-state index in [9.17, 15) is 0 Å². The Hall–Kier alpha value is 1.15. The Balaban J connectivity index is 3.16. The molecule has 0 bridgehead atoms. The van der Waals surface area contributed by atoms with Gasteiger partial charge in [0.05, 0.1) is 0 Å². The molecule has 0 heterocycles. The van der Waals surface area contributed by atoms with Crippen LogP contribution in [-0.2, 0) is 0 Å². The summed E-state index contributed by atoms with van der Waals surface area (Å²) in [5, 5.41) is 0. The van der Waals surface area contributed by atoms with Crippen molar-refractivity contribution < 1.29 is 0 Å². The normalized spacial score (nSPS) is 14.3. The van der Waals surface area contributed by atoms with Crippen molar-refractivity contribution in [2.24, 2.45) is 0 Å². The highest BCUT2D eigenvalue weighted by Gasteiger charge is 2.13. The van der Waals surface area contributed by atoms with Crippen LogP contribution in [0.15, 0.2) is 0 Å². The van der Waals surface area contributed by atoms with Crippen LogP contribution in [-0.4, -0.2) is 19.4 Å². The molecule has 0 fully saturated rings. The fourth-order valence-corrected chi connectivity index (χ4v) is 2.22. The van der Waals surface area contributed by atoms with Gasteiger partial charge < -0.3 is 0 Å². The van der Waals surface area contributed by atoms with E-state index >= 15 is 0 Å². The van der Waals surface area contributed by atoms with E-state index in [1.165, 1.54) is 5.75 Å². The lowest BCUT2D eigenvalue weighted by Gasteiger charge is -2.07. The number of hydrogen-bond acceptors (Lipinski definition) is 1. The molecule has 55 valence electrons. The van der Waals surface area contributed by atoms with E-state index in [-0.39, 0.29) is 0 Å². The summed E-state index contributed by atoms with van der Waals surface area (Å²) in [6.45, 7) is 2.12. The smallest absolute Gasteiger partial charge is 0.165 e. The second-order valence-electron chi connectivity index (χ2n) is 1.97. The average molecular weight is 202 g/mol. The van der Waals surface area contributed by atoms with Crippen molar-refractivity contribution in [3.05, 3.63) is 0 Å². The van der Waals surface area contributed by atoms with Crippen molar-refractivity contribution in [1.29, 1.82) is 0 Å². The second kappa shape index (κ2) is 5.90. The van der Waals surface area contributed by atoms with E-state index in [1.807, 2.05) is 11.8 Å². The van der Waals surface area contributed by atoms with Gasteiger partial charge in [-0.1, -0.05) is 6.92 Å². The zero-order valence-electron chi connectivity index (χ0n) is 5.66. The van der Waals surface area contributed by atoms with Crippen LogP contribution in [0.4, 0.5) is 0 Å². The highest BCUT2D eigenvalue weighted by molar-refractivity contribution is 7.98. The summed E-state index contributed by atoms with van der Waals surface area (Å²) in [7, 11) is -1.05.